The quantitative estimate of drug-likeness (QED) is 0.696. The highest BCUT2D eigenvalue weighted by Crippen LogP contribution is 2.16. The van der Waals surface area contributed by atoms with E-state index in [2.05, 4.69) is 26.6 Å². The predicted molar refractivity (Wildman–Crippen MR) is 66.6 cm³/mol. The van der Waals surface area contributed by atoms with Gasteiger partial charge in [0.1, 0.15) is 5.60 Å². The number of hydrogen-bond acceptors (Lipinski definition) is 2. The van der Waals surface area contributed by atoms with Gasteiger partial charge in [-0.15, -0.1) is 0 Å². The minimum absolute atomic E-state index is 0.163. The largest absolute Gasteiger partial charge is 0.444 e. The summed E-state index contributed by atoms with van der Waals surface area (Å²) in [6, 6.07) is 0. The fraction of sp³-hybridized carbons (Fsp3) is 0.909. The van der Waals surface area contributed by atoms with Crippen LogP contribution in [0.3, 0.4) is 0 Å². The Hall–Kier alpha value is -0.513. The van der Waals surface area contributed by atoms with Crippen molar-refractivity contribution in [2.45, 2.75) is 59.4 Å². The van der Waals surface area contributed by atoms with Gasteiger partial charge in [0.15, 0.2) is 8.24 Å². The molecule has 0 spiro atoms. The van der Waals surface area contributed by atoms with Crippen molar-refractivity contribution in [1.82, 2.24) is 4.57 Å². The monoisotopic (exact) mass is 231 g/mol. The van der Waals surface area contributed by atoms with Crippen molar-refractivity contribution in [3.05, 3.63) is 0 Å². The summed E-state index contributed by atoms with van der Waals surface area (Å²) in [6.45, 7) is 15.1. The van der Waals surface area contributed by atoms with Gasteiger partial charge in [-0.05, 0) is 27.2 Å². The molecule has 0 saturated carbocycles. The second-order valence-corrected chi connectivity index (χ2v) is 10.7. The van der Waals surface area contributed by atoms with Crippen LogP contribution in [0.25, 0.3) is 0 Å². The van der Waals surface area contributed by atoms with E-state index in [1.165, 1.54) is 0 Å². The number of amides is 1. The molecule has 3 nitrogen and oxygen atoms in total. The first-order chi connectivity index (χ1) is 6.58. The first-order valence-electron chi connectivity index (χ1n) is 5.58. The summed E-state index contributed by atoms with van der Waals surface area (Å²) in [5, 5.41) is 0. The minimum atomic E-state index is -1.61. The van der Waals surface area contributed by atoms with Crippen molar-refractivity contribution in [3.8, 4) is 0 Å². The maximum Gasteiger partial charge on any atom is 0.402 e. The van der Waals surface area contributed by atoms with Crippen LogP contribution in [0.5, 0.6) is 0 Å². The SMILES string of the molecule is CCCN(C(=O)OC(C)(C)C)[Si](C)(C)C. The van der Waals surface area contributed by atoms with Crippen molar-refractivity contribution < 1.29 is 9.53 Å². The minimum Gasteiger partial charge on any atom is -0.444 e. The zero-order valence-corrected chi connectivity index (χ0v) is 12.2. The summed E-state index contributed by atoms with van der Waals surface area (Å²) in [5.74, 6) is 0. The van der Waals surface area contributed by atoms with E-state index in [1.54, 1.807) is 0 Å². The van der Waals surface area contributed by atoms with Crippen LogP contribution >= 0.6 is 0 Å². The molecule has 0 aliphatic rings. The normalized spacial score (nSPS) is 12.5. The van der Waals surface area contributed by atoms with Crippen LogP contribution in [0.2, 0.25) is 19.6 Å². The van der Waals surface area contributed by atoms with Gasteiger partial charge in [0, 0.05) is 6.54 Å². The maximum absolute atomic E-state index is 11.9. The predicted octanol–water partition coefficient (Wildman–Crippen LogP) is 3.47. The third-order valence-electron chi connectivity index (χ3n) is 1.87. The number of nitrogens with zero attached hydrogens (tertiary/aromatic N) is 1. The molecule has 90 valence electrons. The summed E-state index contributed by atoms with van der Waals surface area (Å²) < 4.78 is 7.32. The van der Waals surface area contributed by atoms with Gasteiger partial charge in [-0.3, -0.25) is 0 Å². The van der Waals surface area contributed by atoms with Gasteiger partial charge in [-0.1, -0.05) is 26.6 Å². The summed E-state index contributed by atoms with van der Waals surface area (Å²) in [6.07, 6.45) is 0.812. The van der Waals surface area contributed by atoms with Crippen LogP contribution in [0, 0.1) is 0 Å². The number of ether oxygens (including phenoxy) is 1. The molecule has 0 rings (SSSR count). The molecule has 0 aromatic heterocycles. The van der Waals surface area contributed by atoms with E-state index in [0.29, 0.717) is 0 Å². The fourth-order valence-electron chi connectivity index (χ4n) is 1.24. The van der Waals surface area contributed by atoms with Gasteiger partial charge in [0.05, 0.1) is 0 Å². The molecule has 4 heteroatoms. The van der Waals surface area contributed by atoms with E-state index in [1.807, 2.05) is 25.3 Å². The molecular formula is C11H25NO2Si. The molecule has 0 fully saturated rings. The number of hydrogen-bond donors (Lipinski definition) is 0. The highest BCUT2D eigenvalue weighted by atomic mass is 28.3. The van der Waals surface area contributed by atoms with Crippen molar-refractivity contribution in [2.24, 2.45) is 0 Å². The van der Waals surface area contributed by atoms with Gasteiger partial charge < -0.3 is 9.30 Å². The molecule has 0 aliphatic carbocycles. The molecule has 1 amide bonds. The third-order valence-corrected chi connectivity index (χ3v) is 3.90. The van der Waals surface area contributed by atoms with E-state index < -0.39 is 13.8 Å². The van der Waals surface area contributed by atoms with Crippen LogP contribution in [0.4, 0.5) is 4.79 Å². The van der Waals surface area contributed by atoms with Gasteiger partial charge in [0.2, 0.25) is 0 Å². The number of rotatable bonds is 3. The van der Waals surface area contributed by atoms with Gasteiger partial charge in [0.25, 0.3) is 0 Å². The van der Waals surface area contributed by atoms with Crippen LogP contribution < -0.4 is 0 Å². The highest BCUT2D eigenvalue weighted by Gasteiger charge is 2.31. The Bertz CT molecular complexity index is 216. The molecule has 15 heavy (non-hydrogen) atoms. The average molecular weight is 231 g/mol. The van der Waals surface area contributed by atoms with E-state index in [9.17, 15) is 4.79 Å². The lowest BCUT2D eigenvalue weighted by molar-refractivity contribution is 0.0375. The van der Waals surface area contributed by atoms with Crippen molar-refractivity contribution in [1.29, 1.82) is 0 Å². The fourth-order valence-corrected chi connectivity index (χ4v) is 2.73. The summed E-state index contributed by atoms with van der Waals surface area (Å²) >= 11 is 0. The highest BCUT2D eigenvalue weighted by molar-refractivity contribution is 6.75. The smallest absolute Gasteiger partial charge is 0.402 e. The molecule has 0 saturated heterocycles. The summed E-state index contributed by atoms with van der Waals surface area (Å²) in [5.41, 5.74) is -0.400. The standard InChI is InChI=1S/C11H25NO2Si/c1-8-9-12(15(5,6)7)10(13)14-11(2,3)4/h8-9H2,1-7H3. The second-order valence-electron chi connectivity index (χ2n) is 5.80. The second kappa shape index (κ2) is 5.01. The summed E-state index contributed by atoms with van der Waals surface area (Å²) in [4.78, 5) is 11.9. The Morgan fingerprint density at radius 2 is 1.73 bits per heavy atom. The van der Waals surface area contributed by atoms with E-state index in [4.69, 9.17) is 4.74 Å². The first kappa shape index (κ1) is 14.5. The third kappa shape index (κ3) is 5.82. The summed E-state index contributed by atoms with van der Waals surface area (Å²) in [7, 11) is -1.61. The van der Waals surface area contributed by atoms with Crippen molar-refractivity contribution >= 4 is 14.3 Å². The van der Waals surface area contributed by atoms with Gasteiger partial charge >= 0.3 is 6.09 Å². The van der Waals surface area contributed by atoms with Gasteiger partial charge in [-0.2, -0.15) is 0 Å². The zero-order valence-electron chi connectivity index (χ0n) is 11.2. The van der Waals surface area contributed by atoms with Crippen LogP contribution in [0.15, 0.2) is 0 Å². The molecule has 0 atom stereocenters. The van der Waals surface area contributed by atoms with Crippen LogP contribution in [-0.4, -0.2) is 31.0 Å². The van der Waals surface area contributed by atoms with Crippen LogP contribution in [0.1, 0.15) is 34.1 Å². The molecule has 0 aromatic carbocycles. The molecule has 0 unspecified atom stereocenters. The topological polar surface area (TPSA) is 29.5 Å². The Morgan fingerprint density at radius 1 is 1.27 bits per heavy atom. The lowest BCUT2D eigenvalue weighted by Gasteiger charge is -2.35. The Morgan fingerprint density at radius 3 is 2.00 bits per heavy atom. The molecule has 0 heterocycles. The number of carbonyl (C=O) groups excluding carboxylic acids is 1. The van der Waals surface area contributed by atoms with Crippen molar-refractivity contribution in [2.75, 3.05) is 6.54 Å². The van der Waals surface area contributed by atoms with E-state index >= 15 is 0 Å². The van der Waals surface area contributed by atoms with E-state index in [0.717, 1.165) is 13.0 Å². The molecule has 0 aromatic rings. The number of carbonyl (C=O) groups is 1. The average Bonchev–Trinajstić information content (AvgIpc) is 1.93. The van der Waals surface area contributed by atoms with Crippen LogP contribution in [-0.2, 0) is 4.74 Å². The molecule has 0 aliphatic heterocycles. The maximum atomic E-state index is 11.9. The molecular weight excluding hydrogens is 206 g/mol. The Labute approximate surface area is 94.9 Å². The lowest BCUT2D eigenvalue weighted by atomic mass is 10.2. The molecule has 0 radical (unpaired) electrons. The molecule has 0 bridgehead atoms. The van der Waals surface area contributed by atoms with Gasteiger partial charge in [-0.25, -0.2) is 4.79 Å². The van der Waals surface area contributed by atoms with E-state index in [-0.39, 0.29) is 6.09 Å². The Balaban J connectivity index is 4.58. The lowest BCUT2D eigenvalue weighted by Crippen LogP contribution is -2.51. The first-order valence-corrected chi connectivity index (χ1v) is 9.03. The molecule has 0 N–H and O–H groups in total. The van der Waals surface area contributed by atoms with Crippen molar-refractivity contribution in [3.63, 3.8) is 0 Å². The zero-order chi connectivity index (χ0) is 12.3. The Kier molecular flexibility index (Phi) is 4.84.